The van der Waals surface area contributed by atoms with Gasteiger partial charge in [0, 0.05) is 62.4 Å². The number of fused-ring (bicyclic) bond motifs is 1. The first-order valence-corrected chi connectivity index (χ1v) is 19.8. The molecule has 4 atom stereocenters. The molecule has 2 fully saturated rings. The Morgan fingerprint density at radius 2 is 1.52 bits per heavy atom. The van der Waals surface area contributed by atoms with E-state index in [2.05, 4.69) is 20.8 Å². The van der Waals surface area contributed by atoms with Crippen molar-refractivity contribution in [1.82, 2.24) is 9.21 Å². The Balaban J connectivity index is 1.11. The van der Waals surface area contributed by atoms with Gasteiger partial charge in [0.05, 0.1) is 16.4 Å². The van der Waals surface area contributed by atoms with Gasteiger partial charge < -0.3 is 14.2 Å². The molecule has 0 radical (unpaired) electrons. The average molecular weight is 796 g/mol. The molecule has 56 heavy (non-hydrogen) atoms. The summed E-state index contributed by atoms with van der Waals surface area (Å²) in [6.45, 7) is 9.03. The SMILES string of the molecule is CCOC(=O)[C@H](Cc1ccc(OCCN([C@H]2[C@@H]3CN(Cc4cc(F)c(F)cc4F)C[C@@H]32)S(=O)(=O)c2ccc([N+](=O)[O-])cc2)cc1)Oc1ccc(C(C)(C)C)cc1. The molecule has 4 aromatic rings. The van der Waals surface area contributed by atoms with Crippen molar-refractivity contribution in [1.29, 1.82) is 0 Å². The normalized spacial score (nSPS) is 18.7. The number of nitrogens with zero attached hydrogens (tertiary/aromatic N) is 3. The van der Waals surface area contributed by atoms with Gasteiger partial charge in [-0.1, -0.05) is 45.0 Å². The Hall–Kier alpha value is -4.99. The van der Waals surface area contributed by atoms with Crippen LogP contribution in [0.3, 0.4) is 0 Å². The van der Waals surface area contributed by atoms with E-state index >= 15 is 0 Å². The van der Waals surface area contributed by atoms with Crippen LogP contribution in [0, 0.1) is 39.4 Å². The Labute approximate surface area is 324 Å². The third-order valence-corrected chi connectivity index (χ3v) is 12.1. The number of nitro groups is 1. The summed E-state index contributed by atoms with van der Waals surface area (Å²) in [6.07, 6.45) is -0.670. The van der Waals surface area contributed by atoms with Gasteiger partial charge in [0.1, 0.15) is 23.9 Å². The molecule has 0 aromatic heterocycles. The summed E-state index contributed by atoms with van der Waals surface area (Å²) in [4.78, 5) is 25.2. The lowest BCUT2D eigenvalue weighted by atomic mass is 9.87. The maximum absolute atomic E-state index is 14.4. The Morgan fingerprint density at radius 1 is 0.911 bits per heavy atom. The molecule has 0 amide bonds. The molecule has 6 rings (SSSR count). The predicted molar refractivity (Wildman–Crippen MR) is 201 cm³/mol. The summed E-state index contributed by atoms with van der Waals surface area (Å²) in [6, 6.07) is 20.2. The minimum atomic E-state index is -4.14. The van der Waals surface area contributed by atoms with Crippen molar-refractivity contribution in [3.05, 3.63) is 129 Å². The molecule has 0 bridgehead atoms. The summed E-state index contributed by atoms with van der Waals surface area (Å²) in [5.74, 6) is -2.99. The van der Waals surface area contributed by atoms with Gasteiger partial charge in [-0.05, 0) is 77.8 Å². The Morgan fingerprint density at radius 3 is 2.11 bits per heavy atom. The number of sulfonamides is 1. The molecule has 1 saturated heterocycles. The van der Waals surface area contributed by atoms with E-state index in [1.54, 1.807) is 31.2 Å². The number of ether oxygens (including phenoxy) is 3. The van der Waals surface area contributed by atoms with Gasteiger partial charge in [0.15, 0.2) is 17.7 Å². The van der Waals surface area contributed by atoms with E-state index in [0.717, 1.165) is 29.3 Å². The quantitative estimate of drug-likeness (QED) is 0.0507. The fourth-order valence-electron chi connectivity index (χ4n) is 7.16. The number of non-ortho nitro benzene ring substituents is 1. The monoisotopic (exact) mass is 795 g/mol. The average Bonchev–Trinajstić information content (AvgIpc) is 3.63. The highest BCUT2D eigenvalue weighted by atomic mass is 32.2. The highest BCUT2D eigenvalue weighted by Gasteiger charge is 2.60. The van der Waals surface area contributed by atoms with Gasteiger partial charge in [-0.3, -0.25) is 15.0 Å². The molecule has 11 nitrogen and oxygen atoms in total. The number of nitro benzene ring substituents is 1. The highest BCUT2D eigenvalue weighted by molar-refractivity contribution is 7.89. The summed E-state index contributed by atoms with van der Waals surface area (Å²) in [5.41, 5.74) is 1.62. The number of carbonyl (C=O) groups excluding carboxylic acids is 1. The lowest BCUT2D eigenvalue weighted by molar-refractivity contribution is -0.384. The van der Waals surface area contributed by atoms with Gasteiger partial charge in [-0.25, -0.2) is 26.4 Å². The molecule has 0 unspecified atom stereocenters. The van der Waals surface area contributed by atoms with E-state index in [9.17, 15) is 36.5 Å². The second kappa shape index (κ2) is 16.6. The maximum Gasteiger partial charge on any atom is 0.347 e. The van der Waals surface area contributed by atoms with Crippen LogP contribution in [0.4, 0.5) is 18.9 Å². The van der Waals surface area contributed by atoms with Gasteiger partial charge in [-0.15, -0.1) is 0 Å². The maximum atomic E-state index is 14.4. The lowest BCUT2D eigenvalue weighted by Crippen LogP contribution is -2.41. The number of carbonyl (C=O) groups is 1. The van der Waals surface area contributed by atoms with Crippen LogP contribution in [0.5, 0.6) is 11.5 Å². The van der Waals surface area contributed by atoms with Crippen molar-refractivity contribution >= 4 is 21.7 Å². The molecular formula is C41H44F3N3O8S. The number of halogens is 3. The molecular weight excluding hydrogens is 752 g/mol. The minimum Gasteiger partial charge on any atom is -0.492 e. The molecule has 4 aromatic carbocycles. The van der Waals surface area contributed by atoms with Crippen molar-refractivity contribution in [3.8, 4) is 11.5 Å². The highest BCUT2D eigenvalue weighted by Crippen LogP contribution is 2.50. The van der Waals surface area contributed by atoms with Crippen LogP contribution in [-0.4, -0.2) is 73.5 Å². The van der Waals surface area contributed by atoms with E-state index in [0.29, 0.717) is 30.7 Å². The van der Waals surface area contributed by atoms with Crippen LogP contribution in [0.2, 0.25) is 0 Å². The van der Waals surface area contributed by atoms with Crippen LogP contribution in [0.25, 0.3) is 0 Å². The van der Waals surface area contributed by atoms with E-state index in [1.165, 1.54) is 16.4 Å². The fourth-order valence-corrected chi connectivity index (χ4v) is 8.86. The summed E-state index contributed by atoms with van der Waals surface area (Å²) >= 11 is 0. The minimum absolute atomic E-state index is 0.00589. The second-order valence-corrected chi connectivity index (χ2v) is 17.0. The molecule has 1 aliphatic heterocycles. The topological polar surface area (TPSA) is 129 Å². The Kier molecular flexibility index (Phi) is 12.1. The number of piperidine rings is 1. The summed E-state index contributed by atoms with van der Waals surface area (Å²) in [5, 5.41) is 11.2. The van der Waals surface area contributed by atoms with E-state index in [-0.39, 0.29) is 66.1 Å². The van der Waals surface area contributed by atoms with Crippen LogP contribution in [0.15, 0.2) is 89.8 Å². The zero-order valence-corrected chi connectivity index (χ0v) is 32.3. The largest absolute Gasteiger partial charge is 0.492 e. The van der Waals surface area contributed by atoms with Crippen molar-refractivity contribution in [2.75, 3.05) is 32.8 Å². The standard InChI is InChI=1S/C41H44F3N3O8S/c1-5-53-40(48)38(55-31-14-8-28(9-15-31)41(2,3)4)20-26-6-12-30(13-7-26)54-19-18-46(56(51,52)32-16-10-29(11-17-32)47(49)50)39-33-24-45(25-34(33)39)23-27-21-36(43)37(44)22-35(27)42/h6-17,21-22,33-34,38-39H,5,18-20,23-25H2,1-4H3/t33-,34+,38-,39+/m0/s1. The van der Waals surface area contributed by atoms with Gasteiger partial charge >= 0.3 is 5.97 Å². The van der Waals surface area contributed by atoms with Crippen molar-refractivity contribution in [3.63, 3.8) is 0 Å². The molecule has 1 heterocycles. The second-order valence-electron chi connectivity index (χ2n) is 15.1. The fraction of sp³-hybridized carbons (Fsp3) is 0.390. The smallest absolute Gasteiger partial charge is 0.347 e. The van der Waals surface area contributed by atoms with E-state index in [1.807, 2.05) is 29.2 Å². The molecule has 2 aliphatic rings. The zero-order chi connectivity index (χ0) is 40.4. The number of hydrogen-bond acceptors (Lipinski definition) is 9. The number of likely N-dealkylation sites (tertiary alicyclic amines) is 1. The van der Waals surface area contributed by atoms with Gasteiger partial charge in [0.2, 0.25) is 10.0 Å². The first-order chi connectivity index (χ1) is 26.5. The molecule has 15 heteroatoms. The van der Waals surface area contributed by atoms with Gasteiger partial charge in [0.25, 0.3) is 5.69 Å². The molecule has 1 aliphatic carbocycles. The lowest BCUT2D eigenvalue weighted by Gasteiger charge is -2.27. The van der Waals surface area contributed by atoms with Crippen LogP contribution >= 0.6 is 0 Å². The first kappa shape index (κ1) is 40.7. The summed E-state index contributed by atoms with van der Waals surface area (Å²) < 4.78 is 88.4. The molecule has 0 N–H and O–H groups in total. The number of benzene rings is 4. The van der Waals surface area contributed by atoms with Crippen molar-refractivity contribution in [2.24, 2.45) is 11.8 Å². The van der Waals surface area contributed by atoms with Crippen molar-refractivity contribution in [2.45, 2.75) is 63.1 Å². The zero-order valence-electron chi connectivity index (χ0n) is 31.5. The van der Waals surface area contributed by atoms with E-state index in [4.69, 9.17) is 14.2 Å². The molecule has 0 spiro atoms. The molecule has 298 valence electrons. The molecule has 1 saturated carbocycles. The van der Waals surface area contributed by atoms with Crippen LogP contribution in [0.1, 0.15) is 44.4 Å². The van der Waals surface area contributed by atoms with Crippen LogP contribution in [-0.2, 0) is 37.9 Å². The predicted octanol–water partition coefficient (Wildman–Crippen LogP) is 7.06. The third kappa shape index (κ3) is 9.33. The van der Waals surface area contributed by atoms with Crippen LogP contribution < -0.4 is 9.47 Å². The number of rotatable bonds is 16. The first-order valence-electron chi connectivity index (χ1n) is 18.3. The third-order valence-electron chi connectivity index (χ3n) is 10.2. The summed E-state index contributed by atoms with van der Waals surface area (Å²) in [7, 11) is -4.14. The number of hydrogen-bond donors (Lipinski definition) is 0. The van der Waals surface area contributed by atoms with E-state index < -0.39 is 50.5 Å². The van der Waals surface area contributed by atoms with Gasteiger partial charge in [-0.2, -0.15) is 4.31 Å². The van der Waals surface area contributed by atoms with Crippen molar-refractivity contribution < 1.29 is 45.5 Å². The Bertz CT molecular complexity index is 2130. The number of esters is 1.